The number of hydrogen-bond acceptors (Lipinski definition) is 2. The summed E-state index contributed by atoms with van der Waals surface area (Å²) in [4.78, 5) is 4.30. The lowest BCUT2D eigenvalue weighted by molar-refractivity contribution is 0.210. The van der Waals surface area contributed by atoms with Crippen molar-refractivity contribution in [2.24, 2.45) is 11.7 Å². The van der Waals surface area contributed by atoms with Gasteiger partial charge in [0, 0.05) is 12.2 Å². The fraction of sp³-hybridized carbons (Fsp3) is 0.438. The molecular formula is C16H21N3. The molecule has 100 valence electrons. The molecule has 3 rings (SSSR count). The van der Waals surface area contributed by atoms with Crippen LogP contribution in [0.5, 0.6) is 0 Å². The molecule has 0 amide bonds. The summed E-state index contributed by atoms with van der Waals surface area (Å²) in [6.07, 6.45) is 7.24. The van der Waals surface area contributed by atoms with Gasteiger partial charge in [-0.25, -0.2) is 4.98 Å². The van der Waals surface area contributed by atoms with Gasteiger partial charge >= 0.3 is 0 Å². The lowest BCUT2D eigenvalue weighted by Gasteiger charge is -2.35. The minimum absolute atomic E-state index is 0.0285. The number of rotatable bonds is 4. The highest BCUT2D eigenvalue weighted by molar-refractivity contribution is 5.19. The van der Waals surface area contributed by atoms with Crippen LogP contribution in [0.3, 0.4) is 0 Å². The van der Waals surface area contributed by atoms with Gasteiger partial charge in [-0.15, -0.1) is 0 Å². The first-order valence-electron chi connectivity index (χ1n) is 7.05. The van der Waals surface area contributed by atoms with Gasteiger partial charge < -0.3 is 10.3 Å². The monoisotopic (exact) mass is 255 g/mol. The van der Waals surface area contributed by atoms with E-state index in [1.807, 2.05) is 18.6 Å². The summed E-state index contributed by atoms with van der Waals surface area (Å²) in [6, 6.07) is 11.1. The predicted molar refractivity (Wildman–Crippen MR) is 76.7 cm³/mol. The molecule has 1 heterocycles. The Labute approximate surface area is 114 Å². The van der Waals surface area contributed by atoms with Crippen LogP contribution in [0.2, 0.25) is 0 Å². The minimum Gasteiger partial charge on any atom is -0.330 e. The summed E-state index contributed by atoms with van der Waals surface area (Å²) in [6.45, 7) is 2.30. The fourth-order valence-corrected chi connectivity index (χ4v) is 2.97. The molecule has 0 bridgehead atoms. The average Bonchev–Trinajstić information content (AvgIpc) is 2.85. The number of benzene rings is 1. The topological polar surface area (TPSA) is 43.8 Å². The molecule has 1 aliphatic rings. The molecule has 1 aromatic heterocycles. The molecule has 2 N–H and O–H groups in total. The number of imidazole rings is 1. The van der Waals surface area contributed by atoms with Crippen molar-refractivity contribution in [1.29, 1.82) is 0 Å². The first-order valence-corrected chi connectivity index (χ1v) is 7.05. The second-order valence-corrected chi connectivity index (χ2v) is 5.75. The van der Waals surface area contributed by atoms with Gasteiger partial charge in [0.1, 0.15) is 0 Å². The summed E-state index contributed by atoms with van der Waals surface area (Å²) in [5.41, 5.74) is 8.81. The van der Waals surface area contributed by atoms with Gasteiger partial charge in [-0.1, -0.05) is 37.3 Å². The van der Waals surface area contributed by atoms with E-state index in [1.54, 1.807) is 0 Å². The van der Waals surface area contributed by atoms with Crippen LogP contribution in [0, 0.1) is 5.92 Å². The zero-order valence-electron chi connectivity index (χ0n) is 11.4. The quantitative estimate of drug-likeness (QED) is 0.912. The van der Waals surface area contributed by atoms with Gasteiger partial charge in [0.05, 0.1) is 18.1 Å². The Morgan fingerprint density at radius 2 is 2.05 bits per heavy atom. The van der Waals surface area contributed by atoms with Gasteiger partial charge in [0.2, 0.25) is 0 Å². The van der Waals surface area contributed by atoms with Crippen molar-refractivity contribution in [1.82, 2.24) is 9.55 Å². The summed E-state index contributed by atoms with van der Waals surface area (Å²) < 4.78 is 2.29. The molecule has 0 saturated heterocycles. The Morgan fingerprint density at radius 3 is 2.74 bits per heavy atom. The summed E-state index contributed by atoms with van der Waals surface area (Å²) in [7, 11) is 0. The van der Waals surface area contributed by atoms with Gasteiger partial charge in [-0.2, -0.15) is 0 Å². The summed E-state index contributed by atoms with van der Waals surface area (Å²) in [5, 5.41) is 0. The maximum Gasteiger partial charge on any atom is 0.0951 e. The van der Waals surface area contributed by atoms with Crippen molar-refractivity contribution in [2.45, 2.75) is 38.3 Å². The van der Waals surface area contributed by atoms with E-state index in [1.165, 1.54) is 24.1 Å². The van der Waals surface area contributed by atoms with Gasteiger partial charge in [0.15, 0.2) is 0 Å². The number of aromatic nitrogens is 2. The van der Waals surface area contributed by atoms with E-state index >= 15 is 0 Å². The van der Waals surface area contributed by atoms with Crippen molar-refractivity contribution in [3.8, 4) is 0 Å². The maximum atomic E-state index is 6.36. The molecule has 3 heteroatoms. The molecule has 19 heavy (non-hydrogen) atoms. The second-order valence-electron chi connectivity index (χ2n) is 5.75. The van der Waals surface area contributed by atoms with E-state index in [9.17, 15) is 0 Å². The molecule has 1 aromatic carbocycles. The van der Waals surface area contributed by atoms with Crippen LogP contribution in [0.4, 0.5) is 0 Å². The van der Waals surface area contributed by atoms with Crippen molar-refractivity contribution in [3.05, 3.63) is 54.1 Å². The molecule has 0 spiro atoms. The van der Waals surface area contributed by atoms with Crippen LogP contribution >= 0.6 is 0 Å². The highest BCUT2D eigenvalue weighted by Gasteiger charge is 2.29. The van der Waals surface area contributed by atoms with Gasteiger partial charge in [-0.05, 0) is 30.7 Å². The first-order chi connectivity index (χ1) is 9.24. The number of nitrogens with zero attached hydrogens (tertiary/aromatic N) is 2. The second kappa shape index (κ2) is 5.17. The Hall–Kier alpha value is -1.61. The predicted octanol–water partition coefficient (Wildman–Crippen LogP) is 3.10. The van der Waals surface area contributed by atoms with Crippen molar-refractivity contribution in [3.63, 3.8) is 0 Å². The Kier molecular flexibility index (Phi) is 3.38. The zero-order chi connectivity index (χ0) is 13.2. The van der Waals surface area contributed by atoms with E-state index in [0.717, 1.165) is 12.3 Å². The SMILES string of the molecule is CC1CC(n2cncc2[C@H](N)Cc2ccccc2)C1. The molecule has 0 unspecified atom stereocenters. The standard InChI is InChI=1S/C16H21N3/c1-12-7-14(8-12)19-11-18-10-16(19)15(17)9-13-5-3-2-4-6-13/h2-6,10-12,14-15H,7-9,17H2,1H3/t12?,14?,15-/m1/s1. The van der Waals surface area contributed by atoms with E-state index in [-0.39, 0.29) is 6.04 Å². The highest BCUT2D eigenvalue weighted by atomic mass is 15.1. The van der Waals surface area contributed by atoms with Crippen LogP contribution in [-0.2, 0) is 6.42 Å². The minimum atomic E-state index is 0.0285. The summed E-state index contributed by atoms with van der Waals surface area (Å²) >= 11 is 0. The van der Waals surface area contributed by atoms with Crippen molar-refractivity contribution >= 4 is 0 Å². The third-order valence-electron chi connectivity index (χ3n) is 4.12. The largest absolute Gasteiger partial charge is 0.330 e. The van der Waals surface area contributed by atoms with Crippen LogP contribution in [0.15, 0.2) is 42.9 Å². The number of nitrogens with two attached hydrogens (primary N) is 1. The van der Waals surface area contributed by atoms with Crippen molar-refractivity contribution in [2.75, 3.05) is 0 Å². The molecular weight excluding hydrogens is 234 g/mol. The first kappa shape index (κ1) is 12.4. The van der Waals surface area contributed by atoms with Gasteiger partial charge in [-0.3, -0.25) is 0 Å². The molecule has 0 aliphatic heterocycles. The molecule has 1 saturated carbocycles. The molecule has 3 nitrogen and oxygen atoms in total. The average molecular weight is 255 g/mol. The van der Waals surface area contributed by atoms with Gasteiger partial charge in [0.25, 0.3) is 0 Å². The third-order valence-corrected chi connectivity index (χ3v) is 4.12. The molecule has 1 aliphatic carbocycles. The van der Waals surface area contributed by atoms with Crippen LogP contribution in [-0.4, -0.2) is 9.55 Å². The molecule has 1 fully saturated rings. The van der Waals surface area contributed by atoms with E-state index in [2.05, 4.69) is 40.7 Å². The Balaban J connectivity index is 1.73. The smallest absolute Gasteiger partial charge is 0.0951 e. The Bertz CT molecular complexity index is 526. The molecule has 2 aromatic rings. The van der Waals surface area contributed by atoms with Crippen LogP contribution < -0.4 is 5.73 Å². The zero-order valence-corrected chi connectivity index (χ0v) is 11.4. The fourth-order valence-electron chi connectivity index (χ4n) is 2.97. The lowest BCUT2D eigenvalue weighted by atomic mass is 9.81. The normalized spacial score (nSPS) is 23.9. The lowest BCUT2D eigenvalue weighted by Crippen LogP contribution is -2.28. The molecule has 1 atom stereocenters. The molecule has 0 radical (unpaired) electrons. The van der Waals surface area contributed by atoms with Crippen LogP contribution in [0.25, 0.3) is 0 Å². The third kappa shape index (κ3) is 2.56. The van der Waals surface area contributed by atoms with Crippen molar-refractivity contribution < 1.29 is 0 Å². The van der Waals surface area contributed by atoms with E-state index in [4.69, 9.17) is 5.73 Å². The van der Waals surface area contributed by atoms with E-state index in [0.29, 0.717) is 6.04 Å². The van der Waals surface area contributed by atoms with E-state index < -0.39 is 0 Å². The summed E-state index contributed by atoms with van der Waals surface area (Å²) in [5.74, 6) is 0.839. The number of hydrogen-bond donors (Lipinski definition) is 1. The highest BCUT2D eigenvalue weighted by Crippen LogP contribution is 2.38. The maximum absolute atomic E-state index is 6.36. The van der Waals surface area contributed by atoms with Crippen LogP contribution in [0.1, 0.15) is 43.1 Å². The Morgan fingerprint density at radius 1 is 1.32 bits per heavy atom.